The molecule has 29 heavy (non-hydrogen) atoms. The summed E-state index contributed by atoms with van der Waals surface area (Å²) in [5.74, 6) is -0.441. The molecule has 2 aromatic carbocycles. The van der Waals surface area contributed by atoms with Gasteiger partial charge in [0.05, 0.1) is 18.8 Å². The Morgan fingerprint density at radius 2 is 1.90 bits per heavy atom. The van der Waals surface area contributed by atoms with E-state index in [-0.39, 0.29) is 11.8 Å². The second-order valence-electron chi connectivity index (χ2n) is 6.97. The molecule has 2 atom stereocenters. The summed E-state index contributed by atoms with van der Waals surface area (Å²) in [7, 11) is 0. The summed E-state index contributed by atoms with van der Waals surface area (Å²) in [6.07, 6.45) is 3.11. The number of nitrogens with zero attached hydrogens (tertiary/aromatic N) is 2. The minimum absolute atomic E-state index is 0.183. The summed E-state index contributed by atoms with van der Waals surface area (Å²) in [6.45, 7) is 3.38. The Bertz CT molecular complexity index is 956. The normalized spacial score (nSPS) is 17.9. The van der Waals surface area contributed by atoms with E-state index in [1.165, 1.54) is 18.2 Å². The lowest BCUT2D eigenvalue weighted by Crippen LogP contribution is -2.09. The predicted octanol–water partition coefficient (Wildman–Crippen LogP) is 4.90. The highest BCUT2D eigenvalue weighted by Gasteiger charge is 2.43. The molecule has 1 N–H and O–H groups in total. The van der Waals surface area contributed by atoms with Crippen molar-refractivity contribution < 1.29 is 18.3 Å². The number of benzene rings is 2. The smallest absolute Gasteiger partial charge is 0.161 e. The largest absolute Gasteiger partial charge is 0.493 e. The molecule has 1 saturated heterocycles. The molecule has 0 spiro atoms. The van der Waals surface area contributed by atoms with E-state index in [2.05, 4.69) is 17.3 Å². The van der Waals surface area contributed by atoms with Crippen LogP contribution in [0.15, 0.2) is 54.7 Å². The van der Waals surface area contributed by atoms with Crippen LogP contribution < -0.4 is 10.1 Å². The summed E-state index contributed by atoms with van der Waals surface area (Å²) < 4.78 is 40.8. The van der Waals surface area contributed by atoms with Gasteiger partial charge in [0.1, 0.15) is 29.2 Å². The lowest BCUT2D eigenvalue weighted by atomic mass is 10.2. The number of epoxide rings is 1. The molecular weight excluding hydrogens is 376 g/mol. The van der Waals surface area contributed by atoms with Gasteiger partial charge in [0.15, 0.2) is 6.23 Å². The first-order valence-corrected chi connectivity index (χ1v) is 9.75. The molecule has 2 heterocycles. The van der Waals surface area contributed by atoms with Crippen LogP contribution in [0.2, 0.25) is 0 Å². The van der Waals surface area contributed by atoms with E-state index in [1.807, 2.05) is 36.5 Å². The third-order valence-electron chi connectivity index (χ3n) is 4.75. The van der Waals surface area contributed by atoms with E-state index < -0.39 is 17.9 Å². The maximum atomic E-state index is 13.8. The number of nitrogens with one attached hydrogen (secondary N) is 1. The first kappa shape index (κ1) is 19.4. The fourth-order valence-corrected chi connectivity index (χ4v) is 3.12. The molecule has 0 saturated carbocycles. The van der Waals surface area contributed by atoms with Crippen molar-refractivity contribution in [3.8, 4) is 5.75 Å². The van der Waals surface area contributed by atoms with E-state index in [1.54, 1.807) is 4.68 Å². The summed E-state index contributed by atoms with van der Waals surface area (Å²) in [4.78, 5) is 0. The standard InChI is InChI=1S/C22H23F2N3O2/c1-2-3-13-28-19-10-5-4-7-15(19)14-27-12-11-18(26-27)21-22(29-21)25-20-16(23)8-6-9-17(20)24/h4-12,21-22,25H,2-3,13-14H2,1H3. The molecule has 7 heteroatoms. The lowest BCUT2D eigenvalue weighted by Gasteiger charge is -2.11. The van der Waals surface area contributed by atoms with Gasteiger partial charge in [0.25, 0.3) is 0 Å². The Balaban J connectivity index is 1.39. The van der Waals surface area contributed by atoms with Crippen LogP contribution in [0.1, 0.15) is 37.1 Å². The predicted molar refractivity (Wildman–Crippen MR) is 106 cm³/mol. The highest BCUT2D eigenvalue weighted by molar-refractivity contribution is 5.47. The number of aromatic nitrogens is 2. The van der Waals surface area contributed by atoms with Gasteiger partial charge in [-0.3, -0.25) is 4.68 Å². The maximum Gasteiger partial charge on any atom is 0.161 e. The van der Waals surface area contributed by atoms with Crippen LogP contribution in [-0.4, -0.2) is 22.6 Å². The molecule has 0 aliphatic carbocycles. The molecule has 152 valence electrons. The zero-order valence-electron chi connectivity index (χ0n) is 16.1. The minimum atomic E-state index is -0.649. The Morgan fingerprint density at radius 3 is 2.69 bits per heavy atom. The van der Waals surface area contributed by atoms with Gasteiger partial charge in [-0.25, -0.2) is 8.78 Å². The monoisotopic (exact) mass is 399 g/mol. The average molecular weight is 399 g/mol. The number of hydrogen-bond acceptors (Lipinski definition) is 4. The Labute approximate surface area is 168 Å². The van der Waals surface area contributed by atoms with Gasteiger partial charge in [-0.15, -0.1) is 0 Å². The third kappa shape index (κ3) is 4.56. The summed E-state index contributed by atoms with van der Waals surface area (Å²) >= 11 is 0. The van der Waals surface area contributed by atoms with Crippen molar-refractivity contribution in [3.63, 3.8) is 0 Å². The van der Waals surface area contributed by atoms with Crippen LogP contribution in [0.25, 0.3) is 0 Å². The number of ether oxygens (including phenoxy) is 2. The second kappa shape index (κ2) is 8.61. The number of hydrogen-bond donors (Lipinski definition) is 1. The average Bonchev–Trinajstić information content (AvgIpc) is 3.33. The third-order valence-corrected chi connectivity index (χ3v) is 4.75. The van der Waals surface area contributed by atoms with Crippen LogP contribution >= 0.6 is 0 Å². The maximum absolute atomic E-state index is 13.8. The van der Waals surface area contributed by atoms with Crippen molar-refractivity contribution in [2.45, 2.75) is 38.6 Å². The first-order chi connectivity index (χ1) is 14.2. The first-order valence-electron chi connectivity index (χ1n) is 9.75. The van der Waals surface area contributed by atoms with E-state index >= 15 is 0 Å². The molecule has 4 rings (SSSR count). The van der Waals surface area contributed by atoms with Crippen molar-refractivity contribution in [2.75, 3.05) is 11.9 Å². The molecule has 0 bridgehead atoms. The minimum Gasteiger partial charge on any atom is -0.493 e. The Kier molecular flexibility index (Phi) is 5.76. The van der Waals surface area contributed by atoms with Gasteiger partial charge >= 0.3 is 0 Å². The topological polar surface area (TPSA) is 51.6 Å². The van der Waals surface area contributed by atoms with Crippen LogP contribution in [0.5, 0.6) is 5.75 Å². The SMILES string of the molecule is CCCCOc1ccccc1Cn1ccc(C2OC2Nc2c(F)cccc2F)n1. The molecule has 1 aliphatic heterocycles. The molecule has 2 unspecified atom stereocenters. The summed E-state index contributed by atoms with van der Waals surface area (Å²) in [5.41, 5.74) is 1.57. The quantitative estimate of drug-likeness (QED) is 0.411. The van der Waals surface area contributed by atoms with Gasteiger partial charge in [-0.1, -0.05) is 37.6 Å². The molecule has 0 amide bonds. The van der Waals surface area contributed by atoms with E-state index in [0.29, 0.717) is 18.8 Å². The lowest BCUT2D eigenvalue weighted by molar-refractivity contribution is 0.305. The van der Waals surface area contributed by atoms with Crippen LogP contribution in [-0.2, 0) is 11.3 Å². The van der Waals surface area contributed by atoms with Crippen molar-refractivity contribution in [1.29, 1.82) is 0 Å². The van der Waals surface area contributed by atoms with Gasteiger partial charge in [-0.05, 0) is 30.7 Å². The molecule has 0 radical (unpaired) electrons. The van der Waals surface area contributed by atoms with Crippen LogP contribution in [0, 0.1) is 11.6 Å². The molecule has 1 aromatic heterocycles. The highest BCUT2D eigenvalue weighted by atomic mass is 19.1. The van der Waals surface area contributed by atoms with Crippen molar-refractivity contribution in [3.05, 3.63) is 77.6 Å². The van der Waals surface area contributed by atoms with Gasteiger partial charge in [-0.2, -0.15) is 5.10 Å². The number of para-hydroxylation sites is 2. The number of anilines is 1. The molecule has 1 aliphatic rings. The van der Waals surface area contributed by atoms with E-state index in [0.717, 1.165) is 24.2 Å². The van der Waals surface area contributed by atoms with Crippen LogP contribution in [0.4, 0.5) is 14.5 Å². The second-order valence-corrected chi connectivity index (χ2v) is 6.97. The summed E-state index contributed by atoms with van der Waals surface area (Å²) in [6, 6.07) is 13.5. The number of unbranched alkanes of at least 4 members (excludes halogenated alkanes) is 1. The Morgan fingerprint density at radius 1 is 1.10 bits per heavy atom. The van der Waals surface area contributed by atoms with E-state index in [9.17, 15) is 8.78 Å². The number of halogens is 2. The van der Waals surface area contributed by atoms with Gasteiger partial charge in [0, 0.05) is 11.8 Å². The zero-order valence-corrected chi connectivity index (χ0v) is 16.1. The molecular formula is C22H23F2N3O2. The van der Waals surface area contributed by atoms with Gasteiger partial charge in [0.2, 0.25) is 0 Å². The van der Waals surface area contributed by atoms with E-state index in [4.69, 9.17) is 9.47 Å². The number of rotatable bonds is 9. The molecule has 5 nitrogen and oxygen atoms in total. The van der Waals surface area contributed by atoms with Gasteiger partial charge < -0.3 is 14.8 Å². The van der Waals surface area contributed by atoms with Crippen molar-refractivity contribution in [2.24, 2.45) is 0 Å². The molecule has 1 fully saturated rings. The Hall–Kier alpha value is -2.93. The highest BCUT2D eigenvalue weighted by Crippen LogP contribution is 2.39. The molecule has 3 aromatic rings. The fraction of sp³-hybridized carbons (Fsp3) is 0.318. The van der Waals surface area contributed by atoms with Crippen molar-refractivity contribution in [1.82, 2.24) is 9.78 Å². The summed E-state index contributed by atoms with van der Waals surface area (Å²) in [5, 5.41) is 7.31. The fourth-order valence-electron chi connectivity index (χ4n) is 3.12. The van der Waals surface area contributed by atoms with Crippen molar-refractivity contribution >= 4 is 5.69 Å². The van der Waals surface area contributed by atoms with Crippen LogP contribution in [0.3, 0.4) is 0 Å². The zero-order chi connectivity index (χ0) is 20.2.